The van der Waals surface area contributed by atoms with E-state index < -0.39 is 0 Å². The zero-order valence-corrected chi connectivity index (χ0v) is 13.8. The number of nitrogens with zero attached hydrogens (tertiary/aromatic N) is 2. The molecule has 3 N–H and O–H groups in total. The number of aryl methyl sites for hydroxylation is 1. The minimum Gasteiger partial charge on any atom is -0.353 e. The number of hydrogen-bond acceptors (Lipinski definition) is 4. The fraction of sp³-hybridized carbons (Fsp3) is 0.438. The van der Waals surface area contributed by atoms with Gasteiger partial charge in [-0.25, -0.2) is 4.98 Å². The Balaban J connectivity index is 0.00000192. The van der Waals surface area contributed by atoms with Crippen LogP contribution in [0.25, 0.3) is 10.9 Å². The van der Waals surface area contributed by atoms with Gasteiger partial charge in [-0.15, -0.1) is 12.4 Å². The predicted octanol–water partition coefficient (Wildman–Crippen LogP) is 0.980. The number of amides is 1. The van der Waals surface area contributed by atoms with Gasteiger partial charge < -0.3 is 11.1 Å². The van der Waals surface area contributed by atoms with Crippen molar-refractivity contribution in [3.63, 3.8) is 0 Å². The van der Waals surface area contributed by atoms with Crippen molar-refractivity contribution in [3.8, 4) is 0 Å². The Kier molecular flexibility index (Phi) is 5.38. The molecule has 1 aromatic carbocycles. The Bertz CT molecular complexity index is 770. The smallest absolute Gasteiger partial charge is 0.261 e. The lowest BCUT2D eigenvalue weighted by molar-refractivity contribution is -0.121. The number of para-hydroxylation sites is 1. The average molecular weight is 337 g/mol. The largest absolute Gasteiger partial charge is 0.353 e. The number of nitrogens with one attached hydrogen (secondary N) is 1. The number of carbonyl (C=O) groups is 1. The summed E-state index contributed by atoms with van der Waals surface area (Å²) in [5.74, 6) is 0.320. The van der Waals surface area contributed by atoms with Gasteiger partial charge in [-0.2, -0.15) is 0 Å². The van der Waals surface area contributed by atoms with Crippen molar-refractivity contribution in [1.29, 1.82) is 0 Å². The summed E-state index contributed by atoms with van der Waals surface area (Å²) in [6, 6.07) is 5.47. The molecule has 1 amide bonds. The first-order valence-corrected chi connectivity index (χ1v) is 7.53. The molecule has 1 heterocycles. The van der Waals surface area contributed by atoms with Gasteiger partial charge in [-0.05, 0) is 37.3 Å². The lowest BCUT2D eigenvalue weighted by atomic mass is 10.1. The molecular formula is C16H21ClN4O2. The average Bonchev–Trinajstić information content (AvgIpc) is 3.33. The van der Waals surface area contributed by atoms with E-state index in [1.807, 2.05) is 19.1 Å². The number of fused-ring (bicyclic) bond motifs is 1. The van der Waals surface area contributed by atoms with E-state index in [0.29, 0.717) is 23.4 Å². The molecule has 1 fully saturated rings. The SMILES string of the molecule is Cc1cccc2c(=O)n(CC(=O)NCC(N)C3CC3)cnc12.Cl. The predicted molar refractivity (Wildman–Crippen MR) is 91.7 cm³/mol. The number of benzene rings is 1. The molecule has 6 nitrogen and oxygen atoms in total. The minimum atomic E-state index is -0.216. The van der Waals surface area contributed by atoms with Crippen LogP contribution in [0.4, 0.5) is 0 Å². The van der Waals surface area contributed by atoms with Crippen molar-refractivity contribution in [3.05, 3.63) is 40.4 Å². The number of nitrogens with two attached hydrogens (primary N) is 1. The zero-order chi connectivity index (χ0) is 15.7. The monoisotopic (exact) mass is 336 g/mol. The summed E-state index contributed by atoms with van der Waals surface area (Å²) < 4.78 is 1.33. The molecule has 0 spiro atoms. The maximum absolute atomic E-state index is 12.4. The number of rotatable bonds is 5. The van der Waals surface area contributed by atoms with Crippen LogP contribution in [0.2, 0.25) is 0 Å². The Hall–Kier alpha value is -1.92. The first-order chi connectivity index (χ1) is 10.6. The quantitative estimate of drug-likeness (QED) is 0.851. The van der Waals surface area contributed by atoms with Gasteiger partial charge in [-0.1, -0.05) is 12.1 Å². The summed E-state index contributed by atoms with van der Waals surface area (Å²) in [5.41, 5.74) is 7.37. The summed E-state index contributed by atoms with van der Waals surface area (Å²) in [7, 11) is 0. The molecule has 1 aromatic heterocycles. The fourth-order valence-corrected chi connectivity index (χ4v) is 2.58. The molecule has 1 atom stereocenters. The highest BCUT2D eigenvalue weighted by atomic mass is 35.5. The van der Waals surface area contributed by atoms with Gasteiger partial charge in [0.1, 0.15) is 6.54 Å². The van der Waals surface area contributed by atoms with E-state index in [1.54, 1.807) is 6.07 Å². The fourth-order valence-electron chi connectivity index (χ4n) is 2.58. The van der Waals surface area contributed by atoms with E-state index >= 15 is 0 Å². The molecule has 1 aliphatic carbocycles. The number of aromatic nitrogens is 2. The highest BCUT2D eigenvalue weighted by molar-refractivity contribution is 5.85. The summed E-state index contributed by atoms with van der Waals surface area (Å²) in [5, 5.41) is 3.32. The van der Waals surface area contributed by atoms with Crippen LogP contribution in [0.1, 0.15) is 18.4 Å². The van der Waals surface area contributed by atoms with Crippen molar-refractivity contribution >= 4 is 29.2 Å². The van der Waals surface area contributed by atoms with Crippen LogP contribution in [0, 0.1) is 12.8 Å². The summed E-state index contributed by atoms with van der Waals surface area (Å²) >= 11 is 0. The first-order valence-electron chi connectivity index (χ1n) is 7.53. The summed E-state index contributed by atoms with van der Waals surface area (Å²) in [4.78, 5) is 28.6. The van der Waals surface area contributed by atoms with Crippen LogP contribution in [-0.4, -0.2) is 28.0 Å². The second-order valence-corrected chi connectivity index (χ2v) is 5.95. The molecule has 7 heteroatoms. The minimum absolute atomic E-state index is 0. The topological polar surface area (TPSA) is 90.0 Å². The van der Waals surface area contributed by atoms with Gasteiger partial charge in [0, 0.05) is 12.6 Å². The second kappa shape index (κ2) is 7.10. The molecule has 3 rings (SSSR count). The van der Waals surface area contributed by atoms with Gasteiger partial charge in [0.15, 0.2) is 0 Å². The molecular weight excluding hydrogens is 316 g/mol. The van der Waals surface area contributed by atoms with E-state index in [1.165, 1.54) is 10.9 Å². The van der Waals surface area contributed by atoms with Crippen LogP contribution in [0.5, 0.6) is 0 Å². The Morgan fingerprint density at radius 1 is 1.48 bits per heavy atom. The molecule has 0 radical (unpaired) electrons. The van der Waals surface area contributed by atoms with E-state index in [-0.39, 0.29) is 36.5 Å². The van der Waals surface area contributed by atoms with Crippen LogP contribution >= 0.6 is 12.4 Å². The van der Waals surface area contributed by atoms with Crippen molar-refractivity contribution in [2.75, 3.05) is 6.54 Å². The van der Waals surface area contributed by atoms with E-state index in [4.69, 9.17) is 5.73 Å². The molecule has 1 aliphatic rings. The van der Waals surface area contributed by atoms with Crippen molar-refractivity contribution in [2.45, 2.75) is 32.4 Å². The Morgan fingerprint density at radius 3 is 2.91 bits per heavy atom. The highest BCUT2D eigenvalue weighted by Gasteiger charge is 2.28. The van der Waals surface area contributed by atoms with Crippen molar-refractivity contribution in [1.82, 2.24) is 14.9 Å². The van der Waals surface area contributed by atoms with Crippen LogP contribution in [-0.2, 0) is 11.3 Å². The Labute approximate surface area is 140 Å². The number of hydrogen-bond donors (Lipinski definition) is 2. The number of halogens is 1. The Morgan fingerprint density at radius 2 is 2.22 bits per heavy atom. The van der Waals surface area contributed by atoms with Gasteiger partial charge in [0.2, 0.25) is 5.91 Å². The molecule has 1 saturated carbocycles. The molecule has 0 bridgehead atoms. The summed E-state index contributed by atoms with van der Waals surface area (Å²) in [6.45, 7) is 2.33. The highest BCUT2D eigenvalue weighted by Crippen LogP contribution is 2.31. The standard InChI is InChI=1S/C16H20N4O2.ClH/c1-10-3-2-4-12-15(10)19-9-20(16(12)22)8-14(21)18-7-13(17)11-5-6-11;/h2-4,9,11,13H,5-8,17H2,1H3,(H,18,21);1H. The lowest BCUT2D eigenvalue weighted by Gasteiger charge is -2.12. The second-order valence-electron chi connectivity index (χ2n) is 5.95. The van der Waals surface area contributed by atoms with Gasteiger partial charge in [0.25, 0.3) is 5.56 Å². The van der Waals surface area contributed by atoms with Crippen LogP contribution in [0.15, 0.2) is 29.3 Å². The normalized spacial score (nSPS) is 15.0. The maximum atomic E-state index is 12.4. The van der Waals surface area contributed by atoms with Crippen molar-refractivity contribution < 1.29 is 4.79 Å². The molecule has 0 aliphatic heterocycles. The van der Waals surface area contributed by atoms with E-state index in [2.05, 4.69) is 10.3 Å². The lowest BCUT2D eigenvalue weighted by Crippen LogP contribution is -2.41. The van der Waals surface area contributed by atoms with E-state index in [9.17, 15) is 9.59 Å². The molecule has 1 unspecified atom stereocenters. The summed E-state index contributed by atoms with van der Waals surface area (Å²) in [6.07, 6.45) is 3.72. The van der Waals surface area contributed by atoms with Gasteiger partial charge >= 0.3 is 0 Å². The molecule has 2 aromatic rings. The van der Waals surface area contributed by atoms with Crippen LogP contribution < -0.4 is 16.6 Å². The van der Waals surface area contributed by atoms with Crippen LogP contribution in [0.3, 0.4) is 0 Å². The zero-order valence-electron chi connectivity index (χ0n) is 13.0. The van der Waals surface area contributed by atoms with E-state index in [0.717, 1.165) is 18.4 Å². The third-order valence-electron chi connectivity index (χ3n) is 4.13. The first kappa shape index (κ1) is 17.4. The maximum Gasteiger partial charge on any atom is 0.261 e. The molecule has 23 heavy (non-hydrogen) atoms. The molecule has 124 valence electrons. The third-order valence-corrected chi connectivity index (χ3v) is 4.13. The van der Waals surface area contributed by atoms with Gasteiger partial charge in [0.05, 0.1) is 17.2 Å². The molecule has 0 saturated heterocycles. The third kappa shape index (κ3) is 3.89. The van der Waals surface area contributed by atoms with Gasteiger partial charge in [-0.3, -0.25) is 14.2 Å². The number of carbonyl (C=O) groups excluding carboxylic acids is 1. The van der Waals surface area contributed by atoms with Crippen molar-refractivity contribution in [2.24, 2.45) is 11.7 Å².